The van der Waals surface area contributed by atoms with Crippen LogP contribution in [0.4, 0.5) is 27.6 Å². The number of benzene rings is 1. The summed E-state index contributed by atoms with van der Waals surface area (Å²) in [5.74, 6) is -2.01. The maximum absolute atomic E-state index is 13.7. The minimum atomic E-state index is -4.39. The van der Waals surface area contributed by atoms with E-state index in [1.165, 1.54) is 7.05 Å². The number of thiocarbonyl (C=S) groups is 1. The van der Waals surface area contributed by atoms with Crippen molar-refractivity contribution in [3.63, 3.8) is 0 Å². The van der Waals surface area contributed by atoms with Gasteiger partial charge in [-0.2, -0.15) is 13.2 Å². The average molecular weight is 298 g/mol. The molecule has 2 nitrogen and oxygen atoms in total. The fourth-order valence-electron chi connectivity index (χ4n) is 1.48. The van der Waals surface area contributed by atoms with Crippen LogP contribution in [0.15, 0.2) is 12.1 Å². The molecule has 0 saturated carbocycles. The van der Waals surface area contributed by atoms with Crippen LogP contribution in [-0.4, -0.2) is 24.8 Å². The molecule has 0 unspecified atom stereocenters. The van der Waals surface area contributed by atoms with Crippen LogP contribution in [0.3, 0.4) is 0 Å². The van der Waals surface area contributed by atoms with E-state index in [4.69, 9.17) is 5.73 Å². The second kappa shape index (κ2) is 5.68. The number of halogens is 5. The first kappa shape index (κ1) is 15.6. The largest absolute Gasteiger partial charge is 0.390 e. The van der Waals surface area contributed by atoms with E-state index in [0.717, 1.165) is 17.0 Å². The molecule has 0 saturated heterocycles. The normalized spacial score (nSPS) is 11.5. The zero-order valence-electron chi connectivity index (χ0n) is 9.89. The zero-order chi connectivity index (χ0) is 14.8. The zero-order valence-corrected chi connectivity index (χ0v) is 10.7. The van der Waals surface area contributed by atoms with E-state index in [-0.39, 0.29) is 10.6 Å². The third kappa shape index (κ3) is 4.30. The Morgan fingerprint density at radius 2 is 1.74 bits per heavy atom. The van der Waals surface area contributed by atoms with Gasteiger partial charge in [0.2, 0.25) is 0 Å². The van der Waals surface area contributed by atoms with Gasteiger partial charge in [-0.25, -0.2) is 8.78 Å². The quantitative estimate of drug-likeness (QED) is 0.684. The molecule has 0 heterocycles. The third-order valence-electron chi connectivity index (χ3n) is 2.41. The molecule has 2 N–H and O–H groups in total. The number of hydrogen-bond donors (Lipinski definition) is 1. The van der Waals surface area contributed by atoms with Gasteiger partial charge in [0.15, 0.2) is 0 Å². The van der Waals surface area contributed by atoms with Gasteiger partial charge >= 0.3 is 6.18 Å². The minimum Gasteiger partial charge on any atom is -0.389 e. The highest BCUT2D eigenvalue weighted by Gasteiger charge is 2.28. The van der Waals surface area contributed by atoms with Crippen molar-refractivity contribution in [2.75, 3.05) is 18.5 Å². The summed E-state index contributed by atoms with van der Waals surface area (Å²) >= 11 is 4.57. The predicted molar refractivity (Wildman–Crippen MR) is 66.2 cm³/mol. The molecule has 0 bridgehead atoms. The van der Waals surface area contributed by atoms with Crippen LogP contribution in [0, 0.1) is 11.6 Å². The molecule has 106 valence electrons. The lowest BCUT2D eigenvalue weighted by atomic mass is 10.1. The van der Waals surface area contributed by atoms with Gasteiger partial charge in [-0.05, 0) is 12.1 Å². The summed E-state index contributed by atoms with van der Waals surface area (Å²) in [5.41, 5.74) is 4.68. The standard InChI is InChI=1S/C11H11F5N2S/c1-18(3-2-11(14,15)16)9-7(12)4-6(10(17)19)5-8(9)13/h4-5H,2-3H2,1H3,(H2,17,19). The molecule has 0 radical (unpaired) electrons. The summed E-state index contributed by atoms with van der Waals surface area (Å²) in [7, 11) is 1.17. The van der Waals surface area contributed by atoms with Gasteiger partial charge < -0.3 is 10.6 Å². The lowest BCUT2D eigenvalue weighted by Crippen LogP contribution is -2.26. The number of alkyl halides is 3. The number of hydrogen-bond acceptors (Lipinski definition) is 2. The minimum absolute atomic E-state index is 0.0158. The Bertz CT molecular complexity index is 463. The van der Waals surface area contributed by atoms with E-state index in [0.29, 0.717) is 0 Å². The molecule has 0 spiro atoms. The second-order valence-electron chi connectivity index (χ2n) is 3.94. The van der Waals surface area contributed by atoms with Crippen molar-refractivity contribution in [1.82, 2.24) is 0 Å². The first-order chi connectivity index (χ1) is 8.61. The van der Waals surface area contributed by atoms with Crippen LogP contribution < -0.4 is 10.6 Å². The van der Waals surface area contributed by atoms with E-state index in [1.54, 1.807) is 0 Å². The molecule has 0 aliphatic rings. The van der Waals surface area contributed by atoms with Gasteiger partial charge in [0.25, 0.3) is 0 Å². The monoisotopic (exact) mass is 298 g/mol. The fourth-order valence-corrected chi connectivity index (χ4v) is 1.60. The maximum Gasteiger partial charge on any atom is 0.390 e. The second-order valence-corrected chi connectivity index (χ2v) is 4.38. The number of anilines is 1. The van der Waals surface area contributed by atoms with Gasteiger partial charge in [0.05, 0.1) is 6.42 Å². The molecule has 8 heteroatoms. The van der Waals surface area contributed by atoms with Gasteiger partial charge in [-0.15, -0.1) is 0 Å². The molecule has 1 rings (SSSR count). The Morgan fingerprint density at radius 1 is 1.26 bits per heavy atom. The number of rotatable bonds is 4. The van der Waals surface area contributed by atoms with Crippen LogP contribution in [0.25, 0.3) is 0 Å². The van der Waals surface area contributed by atoms with E-state index >= 15 is 0 Å². The van der Waals surface area contributed by atoms with Crippen LogP contribution in [0.5, 0.6) is 0 Å². The average Bonchev–Trinajstić information content (AvgIpc) is 2.24. The molecular formula is C11H11F5N2S. The Balaban J connectivity index is 2.98. The molecule has 0 atom stereocenters. The van der Waals surface area contributed by atoms with E-state index < -0.39 is 36.5 Å². The van der Waals surface area contributed by atoms with E-state index in [2.05, 4.69) is 12.2 Å². The summed E-state index contributed by atoms with van der Waals surface area (Å²) in [5, 5.41) is 0. The first-order valence-corrected chi connectivity index (χ1v) is 5.59. The summed E-state index contributed by atoms with van der Waals surface area (Å²) < 4.78 is 63.5. The molecule has 1 aromatic carbocycles. The molecule has 0 amide bonds. The van der Waals surface area contributed by atoms with Crippen molar-refractivity contribution in [2.24, 2.45) is 5.73 Å². The van der Waals surface area contributed by atoms with Crippen LogP contribution >= 0.6 is 12.2 Å². The Hall–Kier alpha value is -1.44. The fraction of sp³-hybridized carbons (Fsp3) is 0.364. The van der Waals surface area contributed by atoms with Crippen LogP contribution in [0.1, 0.15) is 12.0 Å². The predicted octanol–water partition coefficient (Wildman–Crippen LogP) is 2.99. The van der Waals surface area contributed by atoms with Gasteiger partial charge in [-0.1, -0.05) is 12.2 Å². The van der Waals surface area contributed by atoms with Gasteiger partial charge in [0, 0.05) is 19.2 Å². The van der Waals surface area contributed by atoms with Crippen molar-refractivity contribution in [2.45, 2.75) is 12.6 Å². The summed E-state index contributed by atoms with van der Waals surface area (Å²) in [6.45, 7) is -0.552. The lowest BCUT2D eigenvalue weighted by Gasteiger charge is -2.21. The maximum atomic E-state index is 13.7. The molecule has 0 fully saturated rings. The summed E-state index contributed by atoms with van der Waals surface area (Å²) in [6, 6.07) is 1.79. The summed E-state index contributed by atoms with van der Waals surface area (Å²) in [4.78, 5) is 0.670. The molecular weight excluding hydrogens is 287 g/mol. The van der Waals surface area contributed by atoms with Gasteiger partial charge in [-0.3, -0.25) is 0 Å². The Morgan fingerprint density at radius 3 is 2.11 bits per heavy atom. The SMILES string of the molecule is CN(CCC(F)(F)F)c1c(F)cc(C(N)=S)cc1F. The third-order valence-corrected chi connectivity index (χ3v) is 2.65. The first-order valence-electron chi connectivity index (χ1n) is 5.18. The van der Waals surface area contributed by atoms with Crippen LogP contribution in [-0.2, 0) is 0 Å². The molecule has 1 aromatic rings. The smallest absolute Gasteiger partial charge is 0.389 e. The topological polar surface area (TPSA) is 29.3 Å². The Kier molecular flexibility index (Phi) is 4.67. The van der Waals surface area contributed by atoms with E-state index in [9.17, 15) is 22.0 Å². The highest BCUT2D eigenvalue weighted by Crippen LogP contribution is 2.26. The van der Waals surface area contributed by atoms with Gasteiger partial charge in [0.1, 0.15) is 22.3 Å². The molecule has 19 heavy (non-hydrogen) atoms. The molecule has 0 aliphatic heterocycles. The highest BCUT2D eigenvalue weighted by atomic mass is 32.1. The van der Waals surface area contributed by atoms with Crippen molar-refractivity contribution in [3.05, 3.63) is 29.3 Å². The van der Waals surface area contributed by atoms with Crippen molar-refractivity contribution < 1.29 is 22.0 Å². The number of nitrogens with two attached hydrogens (primary N) is 1. The Labute approximate surface area is 112 Å². The summed E-state index contributed by atoms with van der Waals surface area (Å²) in [6.07, 6.45) is -5.56. The van der Waals surface area contributed by atoms with Crippen molar-refractivity contribution in [1.29, 1.82) is 0 Å². The van der Waals surface area contributed by atoms with Crippen molar-refractivity contribution in [3.8, 4) is 0 Å². The number of nitrogens with zero attached hydrogens (tertiary/aromatic N) is 1. The highest BCUT2D eigenvalue weighted by molar-refractivity contribution is 7.80. The van der Waals surface area contributed by atoms with Crippen LogP contribution in [0.2, 0.25) is 0 Å². The molecule has 0 aliphatic carbocycles. The molecule has 0 aromatic heterocycles. The lowest BCUT2D eigenvalue weighted by molar-refractivity contribution is -0.132. The van der Waals surface area contributed by atoms with Crippen molar-refractivity contribution >= 4 is 22.9 Å². The van der Waals surface area contributed by atoms with E-state index in [1.807, 2.05) is 0 Å².